The van der Waals surface area contributed by atoms with Crippen molar-refractivity contribution in [1.82, 2.24) is 10.4 Å². The Labute approximate surface area is 216 Å². The van der Waals surface area contributed by atoms with Crippen molar-refractivity contribution in [3.05, 3.63) is 35.9 Å². The van der Waals surface area contributed by atoms with Crippen LogP contribution in [0.15, 0.2) is 30.3 Å². The van der Waals surface area contributed by atoms with Crippen molar-refractivity contribution >= 4 is 35.5 Å². The van der Waals surface area contributed by atoms with E-state index in [1.165, 1.54) is 18.7 Å². The summed E-state index contributed by atoms with van der Waals surface area (Å²) < 4.78 is 0. The van der Waals surface area contributed by atoms with Crippen molar-refractivity contribution in [2.75, 3.05) is 12.0 Å². The van der Waals surface area contributed by atoms with E-state index in [0.717, 1.165) is 19.3 Å². The van der Waals surface area contributed by atoms with E-state index < -0.39 is 48.0 Å². The summed E-state index contributed by atoms with van der Waals surface area (Å²) in [6.07, 6.45) is 2.88. The molecule has 0 spiro atoms. The maximum absolute atomic E-state index is 13.2. The first-order valence-electron chi connectivity index (χ1n) is 12.0. The van der Waals surface area contributed by atoms with Gasteiger partial charge in [-0.15, -0.1) is 0 Å². The number of nitrogens with two attached hydrogens (primary N) is 1. The Bertz CT molecular complexity index is 855. The van der Waals surface area contributed by atoms with E-state index in [9.17, 15) is 29.4 Å². The Morgan fingerprint density at radius 2 is 1.81 bits per heavy atom. The number of carbonyl (C=O) groups excluding carboxylic acids is 3. The highest BCUT2D eigenvalue weighted by atomic mass is 32.2. The minimum atomic E-state index is -1.38. The molecular weight excluding hydrogens is 486 g/mol. The number of unbranched alkanes of at least 4 members (excludes halogenated alkanes) is 1. The van der Waals surface area contributed by atoms with Gasteiger partial charge >= 0.3 is 11.9 Å². The van der Waals surface area contributed by atoms with E-state index in [-0.39, 0.29) is 24.5 Å². The van der Waals surface area contributed by atoms with E-state index in [2.05, 4.69) is 5.32 Å². The number of carboxylic acid groups (broad SMARTS) is 1. The number of nitrogens with zero attached hydrogens (tertiary/aromatic N) is 1. The van der Waals surface area contributed by atoms with Crippen LogP contribution in [0.3, 0.4) is 0 Å². The van der Waals surface area contributed by atoms with Crippen LogP contribution < -0.4 is 11.1 Å². The molecule has 0 radical (unpaired) electrons. The van der Waals surface area contributed by atoms with E-state index in [0.29, 0.717) is 10.6 Å². The van der Waals surface area contributed by atoms with Gasteiger partial charge in [0.1, 0.15) is 6.04 Å². The highest BCUT2D eigenvalue weighted by Crippen LogP contribution is 2.18. The lowest BCUT2D eigenvalue weighted by molar-refractivity contribution is -0.210. The summed E-state index contributed by atoms with van der Waals surface area (Å²) in [7, 11) is 0. The molecule has 1 rings (SSSR count). The second-order valence-electron chi connectivity index (χ2n) is 8.85. The highest BCUT2D eigenvalue weighted by molar-refractivity contribution is 7.98. The largest absolute Gasteiger partial charge is 0.480 e. The molecule has 2 amide bonds. The number of hydroxylamine groups is 2. The summed E-state index contributed by atoms with van der Waals surface area (Å²) >= 11 is 1.30. The number of hydrogen-bond acceptors (Lipinski definition) is 8. The Morgan fingerprint density at radius 3 is 2.36 bits per heavy atom. The van der Waals surface area contributed by atoms with Gasteiger partial charge in [0.15, 0.2) is 6.04 Å². The predicted molar refractivity (Wildman–Crippen MR) is 138 cm³/mol. The average Bonchev–Trinajstić information content (AvgIpc) is 2.84. The Morgan fingerprint density at radius 1 is 1.17 bits per heavy atom. The maximum atomic E-state index is 13.2. The quantitative estimate of drug-likeness (QED) is 0.250. The standard InChI is InChI=1S/C25H39N3O7S/c1-5-6-10-16(2)21(29)14-22(30)35-28(24(32)19(26)15-36-4)20(13-18-11-8-7-9-12-18)23(31)27-17(3)25(33)34/h7-9,11-12,16-17,19-21,29H,5-6,10,13-15,26H2,1-4H3,(H,27,31)(H,33,34)/t16-,17-,19-,20-,21-/m0/s1. The van der Waals surface area contributed by atoms with Crippen molar-refractivity contribution in [1.29, 1.82) is 0 Å². The fourth-order valence-electron chi connectivity index (χ4n) is 3.40. The van der Waals surface area contributed by atoms with Crippen LogP contribution in [-0.2, 0) is 30.4 Å². The van der Waals surface area contributed by atoms with Gasteiger partial charge in [-0.1, -0.05) is 57.0 Å². The minimum absolute atomic E-state index is 0.0561. The van der Waals surface area contributed by atoms with Crippen LogP contribution in [0.2, 0.25) is 0 Å². The molecule has 0 heterocycles. The number of aliphatic hydroxyl groups excluding tert-OH is 1. The van der Waals surface area contributed by atoms with Gasteiger partial charge in [0, 0.05) is 12.2 Å². The van der Waals surface area contributed by atoms with E-state index in [1.54, 1.807) is 36.6 Å². The third kappa shape index (κ3) is 10.5. The predicted octanol–water partition coefficient (Wildman–Crippen LogP) is 1.74. The Balaban J connectivity index is 3.26. The SMILES string of the molecule is CCCC[C@H](C)[C@@H](O)CC(=O)ON(C(=O)[C@@H](N)CSC)[C@@H](Cc1ccccc1)C(=O)N[C@@H](C)C(=O)O. The Hall–Kier alpha value is -2.63. The lowest BCUT2D eigenvalue weighted by atomic mass is 9.96. The first-order valence-corrected chi connectivity index (χ1v) is 13.4. The number of benzene rings is 1. The molecule has 0 bridgehead atoms. The number of hydrogen-bond donors (Lipinski definition) is 4. The molecule has 0 aliphatic heterocycles. The second-order valence-corrected chi connectivity index (χ2v) is 9.76. The van der Waals surface area contributed by atoms with Crippen molar-refractivity contribution < 1.29 is 34.2 Å². The molecule has 0 saturated heterocycles. The number of carbonyl (C=O) groups is 4. The minimum Gasteiger partial charge on any atom is -0.480 e. The molecule has 0 fully saturated rings. The average molecular weight is 526 g/mol. The molecule has 11 heteroatoms. The maximum Gasteiger partial charge on any atom is 0.335 e. The molecule has 202 valence electrons. The molecule has 0 aromatic heterocycles. The number of aliphatic carboxylic acids is 1. The van der Waals surface area contributed by atoms with E-state index in [4.69, 9.17) is 10.6 Å². The molecular formula is C25H39N3O7S. The first kappa shape index (κ1) is 31.4. The molecule has 36 heavy (non-hydrogen) atoms. The molecule has 0 aliphatic rings. The van der Waals surface area contributed by atoms with Gasteiger partial charge in [-0.3, -0.25) is 14.4 Å². The normalized spacial score (nSPS) is 15.2. The molecule has 1 aromatic carbocycles. The molecule has 0 saturated carbocycles. The second kappa shape index (κ2) is 16.2. The fourth-order valence-corrected chi connectivity index (χ4v) is 3.91. The lowest BCUT2D eigenvalue weighted by Gasteiger charge is -2.31. The fraction of sp³-hybridized carbons (Fsp3) is 0.600. The number of rotatable bonds is 15. The zero-order chi connectivity index (χ0) is 27.3. The zero-order valence-electron chi connectivity index (χ0n) is 21.4. The summed E-state index contributed by atoms with van der Waals surface area (Å²) in [5.74, 6) is -3.74. The lowest BCUT2D eigenvalue weighted by Crippen LogP contribution is -2.57. The number of aliphatic hydroxyl groups is 1. The van der Waals surface area contributed by atoms with Crippen LogP contribution in [0.4, 0.5) is 0 Å². The summed E-state index contributed by atoms with van der Waals surface area (Å²) in [4.78, 5) is 55.9. The number of amides is 2. The topological polar surface area (TPSA) is 159 Å². The van der Waals surface area contributed by atoms with Crippen LogP contribution in [-0.4, -0.2) is 75.3 Å². The van der Waals surface area contributed by atoms with Gasteiger partial charge < -0.3 is 26.1 Å². The monoisotopic (exact) mass is 525 g/mol. The van der Waals surface area contributed by atoms with Gasteiger partial charge in [-0.2, -0.15) is 16.8 Å². The molecule has 0 aliphatic carbocycles. The van der Waals surface area contributed by atoms with Crippen LogP contribution >= 0.6 is 11.8 Å². The van der Waals surface area contributed by atoms with Gasteiger partial charge in [-0.05, 0) is 31.1 Å². The molecule has 10 nitrogen and oxygen atoms in total. The molecule has 0 unspecified atom stereocenters. The third-order valence-corrected chi connectivity index (χ3v) is 6.41. The van der Waals surface area contributed by atoms with Crippen molar-refractivity contribution in [3.8, 4) is 0 Å². The molecule has 5 N–H and O–H groups in total. The smallest absolute Gasteiger partial charge is 0.335 e. The first-order chi connectivity index (χ1) is 17.0. The van der Waals surface area contributed by atoms with Gasteiger partial charge in [0.05, 0.1) is 18.6 Å². The van der Waals surface area contributed by atoms with E-state index >= 15 is 0 Å². The summed E-state index contributed by atoms with van der Waals surface area (Å²) in [5, 5.41) is 22.7. The summed E-state index contributed by atoms with van der Waals surface area (Å²) in [6.45, 7) is 5.13. The van der Waals surface area contributed by atoms with Crippen LogP contribution in [0.25, 0.3) is 0 Å². The number of thioether (sulfide) groups is 1. The van der Waals surface area contributed by atoms with Crippen molar-refractivity contribution in [2.45, 2.75) is 77.1 Å². The number of carboxylic acids is 1. The van der Waals surface area contributed by atoms with Crippen LogP contribution in [0.1, 0.15) is 52.0 Å². The van der Waals surface area contributed by atoms with Crippen molar-refractivity contribution in [2.24, 2.45) is 11.7 Å². The molecule has 1 aromatic rings. The summed E-state index contributed by atoms with van der Waals surface area (Å²) in [6, 6.07) is 5.02. The van der Waals surface area contributed by atoms with E-state index in [1.807, 2.05) is 13.8 Å². The van der Waals surface area contributed by atoms with Crippen LogP contribution in [0, 0.1) is 5.92 Å². The van der Waals surface area contributed by atoms with Crippen LogP contribution in [0.5, 0.6) is 0 Å². The van der Waals surface area contributed by atoms with Gasteiger partial charge in [0.25, 0.3) is 5.91 Å². The van der Waals surface area contributed by atoms with Gasteiger partial charge in [-0.25, -0.2) is 4.79 Å². The zero-order valence-corrected chi connectivity index (χ0v) is 22.2. The Kier molecular flexibility index (Phi) is 14.1. The number of nitrogens with one attached hydrogen (secondary N) is 1. The highest BCUT2D eigenvalue weighted by Gasteiger charge is 2.37. The molecule has 5 atom stereocenters. The van der Waals surface area contributed by atoms with Crippen molar-refractivity contribution in [3.63, 3.8) is 0 Å². The third-order valence-electron chi connectivity index (χ3n) is 5.71. The van der Waals surface area contributed by atoms with Gasteiger partial charge in [0.2, 0.25) is 5.91 Å². The summed E-state index contributed by atoms with van der Waals surface area (Å²) in [5.41, 5.74) is 6.66.